The van der Waals surface area contributed by atoms with Gasteiger partial charge in [0.05, 0.1) is 6.10 Å². The van der Waals surface area contributed by atoms with Gasteiger partial charge < -0.3 is 5.11 Å². The monoisotopic (exact) mass is 281 g/mol. The molecule has 1 aromatic heterocycles. The average molecular weight is 282 g/mol. The minimum absolute atomic E-state index is 0.483. The maximum Gasteiger partial charge on any atom is 0.0621 e. The van der Waals surface area contributed by atoms with Gasteiger partial charge in [-0.1, -0.05) is 23.2 Å². The Morgan fingerprint density at radius 2 is 1.78 bits per heavy atom. The zero-order valence-electron chi connectivity index (χ0n) is 9.68. The predicted octanol–water partition coefficient (Wildman–Crippen LogP) is 3.53. The van der Waals surface area contributed by atoms with Crippen molar-refractivity contribution in [1.29, 1.82) is 0 Å². The molecule has 4 heteroatoms. The van der Waals surface area contributed by atoms with Gasteiger partial charge in [0, 0.05) is 28.9 Å². The van der Waals surface area contributed by atoms with Crippen LogP contribution in [0, 0.1) is 0 Å². The lowest BCUT2D eigenvalue weighted by molar-refractivity contribution is 0.175. The lowest BCUT2D eigenvalue weighted by Crippen LogP contribution is -2.14. The van der Waals surface area contributed by atoms with Crippen molar-refractivity contribution in [1.82, 2.24) is 4.98 Å². The third-order valence-corrected chi connectivity index (χ3v) is 3.29. The maximum atomic E-state index is 10.0. The number of aliphatic hydroxyl groups is 1. The van der Waals surface area contributed by atoms with Crippen molar-refractivity contribution in [2.75, 3.05) is 0 Å². The lowest BCUT2D eigenvalue weighted by atomic mass is 10.0. The van der Waals surface area contributed by atoms with Gasteiger partial charge in [-0.3, -0.25) is 4.98 Å². The van der Waals surface area contributed by atoms with Crippen molar-refractivity contribution in [3.63, 3.8) is 0 Å². The van der Waals surface area contributed by atoms with E-state index in [1.807, 2.05) is 12.1 Å². The van der Waals surface area contributed by atoms with Crippen LogP contribution in [-0.4, -0.2) is 16.2 Å². The summed E-state index contributed by atoms with van der Waals surface area (Å²) in [5, 5.41) is 11.3. The van der Waals surface area contributed by atoms with Crippen molar-refractivity contribution < 1.29 is 5.11 Å². The Morgan fingerprint density at radius 3 is 2.50 bits per heavy atom. The molecule has 0 amide bonds. The van der Waals surface area contributed by atoms with E-state index in [4.69, 9.17) is 23.2 Å². The van der Waals surface area contributed by atoms with Gasteiger partial charge in [-0.05, 0) is 47.9 Å². The van der Waals surface area contributed by atoms with E-state index in [0.29, 0.717) is 22.9 Å². The molecule has 0 radical (unpaired) electrons. The molecule has 0 fully saturated rings. The summed E-state index contributed by atoms with van der Waals surface area (Å²) in [4.78, 5) is 3.94. The first kappa shape index (κ1) is 13.3. The minimum atomic E-state index is -0.483. The molecule has 1 atom stereocenters. The van der Waals surface area contributed by atoms with Gasteiger partial charge >= 0.3 is 0 Å². The van der Waals surface area contributed by atoms with Crippen molar-refractivity contribution in [3.05, 3.63) is 63.9 Å². The first-order valence-corrected chi connectivity index (χ1v) is 6.41. The molecular formula is C14H13Cl2NO. The molecule has 2 nitrogen and oxygen atoms in total. The predicted molar refractivity (Wildman–Crippen MR) is 74.1 cm³/mol. The summed E-state index contributed by atoms with van der Waals surface area (Å²) in [5.74, 6) is 0. The van der Waals surface area contributed by atoms with Gasteiger partial charge in [0.1, 0.15) is 0 Å². The van der Waals surface area contributed by atoms with Crippen molar-refractivity contribution in [3.8, 4) is 0 Å². The number of pyridine rings is 1. The fourth-order valence-corrected chi connectivity index (χ4v) is 2.21. The van der Waals surface area contributed by atoms with E-state index in [2.05, 4.69) is 4.98 Å². The zero-order valence-corrected chi connectivity index (χ0v) is 11.2. The molecule has 18 heavy (non-hydrogen) atoms. The molecule has 0 spiro atoms. The fourth-order valence-electron chi connectivity index (χ4n) is 1.82. The number of halogens is 2. The molecule has 0 saturated heterocycles. The van der Waals surface area contributed by atoms with Crippen molar-refractivity contribution in [2.24, 2.45) is 0 Å². The highest BCUT2D eigenvalue weighted by Crippen LogP contribution is 2.22. The summed E-state index contributed by atoms with van der Waals surface area (Å²) in [6, 6.07) is 9.06. The SMILES string of the molecule is OC(Cc1ccncc1)Cc1cc(Cl)ccc1Cl. The van der Waals surface area contributed by atoms with Gasteiger partial charge in [0.15, 0.2) is 0 Å². The Balaban J connectivity index is 2.03. The summed E-state index contributed by atoms with van der Waals surface area (Å²) in [5.41, 5.74) is 1.92. The highest BCUT2D eigenvalue weighted by atomic mass is 35.5. The maximum absolute atomic E-state index is 10.0. The Kier molecular flexibility index (Phi) is 4.59. The van der Waals surface area contributed by atoms with Crippen LogP contribution < -0.4 is 0 Å². The first-order valence-electron chi connectivity index (χ1n) is 5.66. The van der Waals surface area contributed by atoms with E-state index in [-0.39, 0.29) is 0 Å². The second kappa shape index (κ2) is 6.19. The number of benzene rings is 1. The van der Waals surface area contributed by atoms with Crippen molar-refractivity contribution in [2.45, 2.75) is 18.9 Å². The Labute approximate surface area is 116 Å². The average Bonchev–Trinajstić information content (AvgIpc) is 2.35. The molecule has 1 aromatic carbocycles. The smallest absolute Gasteiger partial charge is 0.0621 e. The molecular weight excluding hydrogens is 269 g/mol. The topological polar surface area (TPSA) is 33.1 Å². The standard InChI is InChI=1S/C14H13Cl2NO/c15-12-1-2-14(16)11(8-12)9-13(18)7-10-3-5-17-6-4-10/h1-6,8,13,18H,7,9H2. The summed E-state index contributed by atoms with van der Waals surface area (Å²) >= 11 is 12.0. The van der Waals surface area contributed by atoms with Crippen LogP contribution in [0.2, 0.25) is 10.0 Å². The first-order chi connectivity index (χ1) is 8.65. The number of aliphatic hydroxyl groups excluding tert-OH is 1. The number of hydrogen-bond acceptors (Lipinski definition) is 2. The van der Waals surface area contributed by atoms with E-state index < -0.39 is 6.10 Å². The highest BCUT2D eigenvalue weighted by Gasteiger charge is 2.10. The zero-order chi connectivity index (χ0) is 13.0. The molecule has 0 aliphatic rings. The van der Waals surface area contributed by atoms with Crippen LogP contribution in [0.3, 0.4) is 0 Å². The van der Waals surface area contributed by atoms with Crippen LogP contribution in [0.25, 0.3) is 0 Å². The van der Waals surface area contributed by atoms with Crippen molar-refractivity contribution >= 4 is 23.2 Å². The third kappa shape index (κ3) is 3.70. The molecule has 0 saturated carbocycles. The summed E-state index contributed by atoms with van der Waals surface area (Å²) in [6.45, 7) is 0. The van der Waals surface area contributed by atoms with Crippen LogP contribution in [0.5, 0.6) is 0 Å². The lowest BCUT2D eigenvalue weighted by Gasteiger charge is -2.12. The molecule has 0 aliphatic carbocycles. The normalized spacial score (nSPS) is 12.4. The number of rotatable bonds is 4. The number of hydrogen-bond donors (Lipinski definition) is 1. The van der Waals surface area contributed by atoms with Gasteiger partial charge in [-0.25, -0.2) is 0 Å². The second-order valence-corrected chi connectivity index (χ2v) is 5.00. The molecule has 0 aliphatic heterocycles. The largest absolute Gasteiger partial charge is 0.392 e. The van der Waals surface area contributed by atoms with Crippen LogP contribution in [0.1, 0.15) is 11.1 Å². The molecule has 0 bridgehead atoms. The molecule has 1 heterocycles. The van der Waals surface area contributed by atoms with E-state index in [1.165, 1.54) is 0 Å². The molecule has 94 valence electrons. The number of aromatic nitrogens is 1. The molecule has 2 aromatic rings. The van der Waals surface area contributed by atoms with Crippen LogP contribution in [0.15, 0.2) is 42.7 Å². The molecule has 1 unspecified atom stereocenters. The van der Waals surface area contributed by atoms with Crippen LogP contribution >= 0.6 is 23.2 Å². The quantitative estimate of drug-likeness (QED) is 0.930. The molecule has 1 N–H and O–H groups in total. The highest BCUT2D eigenvalue weighted by molar-refractivity contribution is 6.33. The summed E-state index contributed by atoms with van der Waals surface area (Å²) in [7, 11) is 0. The third-order valence-electron chi connectivity index (χ3n) is 2.68. The Hall–Kier alpha value is -1.09. The van der Waals surface area contributed by atoms with E-state index in [1.54, 1.807) is 30.6 Å². The Bertz CT molecular complexity index is 516. The fraction of sp³-hybridized carbons (Fsp3) is 0.214. The number of nitrogens with zero attached hydrogens (tertiary/aromatic N) is 1. The summed E-state index contributed by atoms with van der Waals surface area (Å²) < 4.78 is 0. The summed E-state index contributed by atoms with van der Waals surface area (Å²) in [6.07, 6.45) is 4.01. The van der Waals surface area contributed by atoms with Crippen LogP contribution in [0.4, 0.5) is 0 Å². The minimum Gasteiger partial charge on any atom is -0.392 e. The van der Waals surface area contributed by atoms with Gasteiger partial charge in [-0.15, -0.1) is 0 Å². The van der Waals surface area contributed by atoms with Gasteiger partial charge in [0.2, 0.25) is 0 Å². The van der Waals surface area contributed by atoms with Gasteiger partial charge in [0.25, 0.3) is 0 Å². The van der Waals surface area contributed by atoms with E-state index >= 15 is 0 Å². The van der Waals surface area contributed by atoms with E-state index in [0.717, 1.165) is 11.1 Å². The van der Waals surface area contributed by atoms with Gasteiger partial charge in [-0.2, -0.15) is 0 Å². The Morgan fingerprint density at radius 1 is 1.06 bits per heavy atom. The van der Waals surface area contributed by atoms with E-state index in [9.17, 15) is 5.11 Å². The second-order valence-electron chi connectivity index (χ2n) is 4.15. The van der Waals surface area contributed by atoms with Crippen LogP contribution in [-0.2, 0) is 12.8 Å². The molecule has 2 rings (SSSR count).